The molecule has 2 unspecified atom stereocenters. The number of amides is 4. The number of ketones is 1. The summed E-state index contributed by atoms with van der Waals surface area (Å²) in [5.41, 5.74) is 0.285. The minimum atomic E-state index is -0.865. The molecule has 1 aliphatic rings. The highest BCUT2D eigenvalue weighted by Gasteiger charge is 2.45. The second-order valence-electron chi connectivity index (χ2n) is 15.8. The van der Waals surface area contributed by atoms with Crippen molar-refractivity contribution in [3.05, 3.63) is 35.6 Å². The Labute approximate surface area is 323 Å². The summed E-state index contributed by atoms with van der Waals surface area (Å²) < 4.78 is 25.4. The zero-order valence-electron chi connectivity index (χ0n) is 34.9. The fraction of sp³-hybridized carbons (Fsp3) is 0.732. The van der Waals surface area contributed by atoms with Crippen LogP contribution in [0.4, 0.5) is 4.39 Å². The molecule has 1 saturated heterocycles. The van der Waals surface area contributed by atoms with Crippen LogP contribution in [-0.2, 0) is 28.7 Å². The number of Topliss-reactive ketones (excluding diaryl/α,β-unsaturated/α-hetero) is 1. The van der Waals surface area contributed by atoms with E-state index in [9.17, 15) is 28.4 Å². The van der Waals surface area contributed by atoms with Crippen molar-refractivity contribution in [2.24, 2.45) is 29.6 Å². The Balaban J connectivity index is 2.32. The molecule has 0 radical (unpaired) electrons. The van der Waals surface area contributed by atoms with Crippen LogP contribution in [0.1, 0.15) is 98.4 Å². The average Bonchev–Trinajstić information content (AvgIpc) is 3.57. The van der Waals surface area contributed by atoms with Crippen LogP contribution in [0.3, 0.4) is 0 Å². The molecule has 0 bridgehead atoms. The molecule has 10 atom stereocenters. The Hall–Kier alpha value is -3.42. The van der Waals surface area contributed by atoms with E-state index in [1.54, 1.807) is 44.9 Å². The Bertz CT molecular complexity index is 1390. The highest BCUT2D eigenvalue weighted by Crippen LogP contribution is 2.33. The van der Waals surface area contributed by atoms with Crippen molar-refractivity contribution in [1.29, 1.82) is 0 Å². The first-order chi connectivity index (χ1) is 25.4. The molecule has 3 N–H and O–H groups in total. The van der Waals surface area contributed by atoms with Gasteiger partial charge in [0.15, 0.2) is 5.78 Å². The molecule has 1 fully saturated rings. The van der Waals surface area contributed by atoms with Gasteiger partial charge >= 0.3 is 0 Å². The number of likely N-dealkylation sites (N-methyl/N-ethyl adjacent to an activating group) is 2. The Kier molecular flexibility index (Phi) is 18.7. The number of carbonyl (C=O) groups is 5. The maximum Gasteiger partial charge on any atom is 0.245 e. The number of hydrogen-bond acceptors (Lipinski definition) is 8. The van der Waals surface area contributed by atoms with E-state index in [4.69, 9.17) is 9.47 Å². The van der Waals surface area contributed by atoms with E-state index in [-0.39, 0.29) is 59.2 Å². The molecular weight excluding hydrogens is 693 g/mol. The van der Waals surface area contributed by atoms with Crippen LogP contribution >= 0.6 is 0 Å². The molecular formula is C41H68FN5O7. The third kappa shape index (κ3) is 11.8. The fourth-order valence-electron chi connectivity index (χ4n) is 7.73. The van der Waals surface area contributed by atoms with Crippen molar-refractivity contribution >= 4 is 29.4 Å². The maximum absolute atomic E-state index is 14.4. The van der Waals surface area contributed by atoms with Gasteiger partial charge in [-0.05, 0) is 68.3 Å². The van der Waals surface area contributed by atoms with Crippen molar-refractivity contribution in [3.8, 4) is 0 Å². The van der Waals surface area contributed by atoms with Crippen molar-refractivity contribution in [1.82, 2.24) is 25.8 Å². The number of nitrogens with zero attached hydrogens (tertiary/aromatic N) is 2. The van der Waals surface area contributed by atoms with Crippen LogP contribution in [0.15, 0.2) is 24.3 Å². The molecule has 0 aromatic heterocycles. The summed E-state index contributed by atoms with van der Waals surface area (Å²) in [6, 6.07) is 2.16. The smallest absolute Gasteiger partial charge is 0.245 e. The summed E-state index contributed by atoms with van der Waals surface area (Å²) in [5.74, 6) is -2.64. The normalized spacial score (nSPS) is 20.4. The molecule has 54 heavy (non-hydrogen) atoms. The van der Waals surface area contributed by atoms with E-state index >= 15 is 0 Å². The second kappa shape index (κ2) is 21.6. The number of rotatable bonds is 21. The lowest BCUT2D eigenvalue weighted by atomic mass is 9.89. The van der Waals surface area contributed by atoms with E-state index < -0.39 is 60.1 Å². The predicted octanol–water partition coefficient (Wildman–Crippen LogP) is 4.45. The number of methoxy groups -OCH3 is 2. The van der Waals surface area contributed by atoms with Gasteiger partial charge in [0.1, 0.15) is 11.9 Å². The molecule has 0 saturated carbocycles. The quantitative estimate of drug-likeness (QED) is 0.156. The van der Waals surface area contributed by atoms with Gasteiger partial charge in [-0.15, -0.1) is 0 Å². The molecule has 1 aliphatic heterocycles. The first-order valence-corrected chi connectivity index (χ1v) is 19.6. The summed E-state index contributed by atoms with van der Waals surface area (Å²) in [4.78, 5) is 71.7. The number of ether oxygens (including phenoxy) is 2. The van der Waals surface area contributed by atoms with Gasteiger partial charge in [-0.3, -0.25) is 24.0 Å². The van der Waals surface area contributed by atoms with Crippen LogP contribution in [0.2, 0.25) is 0 Å². The number of hydrogen-bond donors (Lipinski definition) is 3. The van der Waals surface area contributed by atoms with Gasteiger partial charge in [0.25, 0.3) is 0 Å². The average molecular weight is 762 g/mol. The number of halogens is 1. The largest absolute Gasteiger partial charge is 0.379 e. The van der Waals surface area contributed by atoms with E-state index in [2.05, 4.69) is 22.9 Å². The van der Waals surface area contributed by atoms with Crippen molar-refractivity contribution in [2.75, 3.05) is 34.9 Å². The first kappa shape index (κ1) is 46.7. The van der Waals surface area contributed by atoms with Gasteiger partial charge < -0.3 is 35.2 Å². The molecule has 13 heteroatoms. The Morgan fingerprint density at radius 3 is 1.96 bits per heavy atom. The number of benzene rings is 1. The minimum absolute atomic E-state index is 0.00976. The summed E-state index contributed by atoms with van der Waals surface area (Å²) in [5, 5.41) is 8.81. The third-order valence-corrected chi connectivity index (χ3v) is 11.3. The van der Waals surface area contributed by atoms with Crippen LogP contribution < -0.4 is 16.0 Å². The minimum Gasteiger partial charge on any atom is -0.379 e. The van der Waals surface area contributed by atoms with Gasteiger partial charge in [-0.1, -0.05) is 68.2 Å². The number of nitrogens with one attached hydrogen (secondary N) is 3. The third-order valence-electron chi connectivity index (χ3n) is 11.3. The lowest BCUT2D eigenvalue weighted by Gasteiger charge is -2.41. The molecule has 4 amide bonds. The highest BCUT2D eigenvalue weighted by atomic mass is 19.1. The summed E-state index contributed by atoms with van der Waals surface area (Å²) in [6.45, 7) is 17.6. The van der Waals surface area contributed by atoms with Gasteiger partial charge in [0.2, 0.25) is 23.6 Å². The second-order valence-corrected chi connectivity index (χ2v) is 15.8. The lowest BCUT2D eigenvalue weighted by Crippen LogP contribution is -2.59. The van der Waals surface area contributed by atoms with Gasteiger partial charge in [-0.2, -0.15) is 0 Å². The molecule has 12 nitrogen and oxygen atoms in total. The monoisotopic (exact) mass is 762 g/mol. The molecule has 0 spiro atoms. The van der Waals surface area contributed by atoms with Gasteiger partial charge in [-0.25, -0.2) is 4.39 Å². The van der Waals surface area contributed by atoms with Crippen LogP contribution in [0.5, 0.6) is 0 Å². The SMILES string of the molecule is CC[C@@H]1C[C@@H]([C@H](OC)[C@@H](C)C(=O)N[C@@H](C)C(=O)c2ccc(F)cc2)N(C(=O)C[C@@H](OC)C([C@@H](C)CC)N(C)C(=O)[C@@H](NC(=O)C(NC)C(C)C)C(C)C)C1. The lowest BCUT2D eigenvalue weighted by molar-refractivity contribution is -0.147. The highest BCUT2D eigenvalue weighted by molar-refractivity contribution is 6.01. The number of carbonyl (C=O) groups excluding carboxylic acids is 5. The zero-order valence-corrected chi connectivity index (χ0v) is 34.9. The van der Waals surface area contributed by atoms with E-state index in [0.29, 0.717) is 13.0 Å². The van der Waals surface area contributed by atoms with E-state index in [1.165, 1.54) is 31.4 Å². The first-order valence-electron chi connectivity index (χ1n) is 19.6. The van der Waals surface area contributed by atoms with Crippen molar-refractivity contribution in [2.45, 2.75) is 130 Å². The summed E-state index contributed by atoms with van der Waals surface area (Å²) in [7, 11) is 6.50. The fourth-order valence-corrected chi connectivity index (χ4v) is 7.73. The van der Waals surface area contributed by atoms with Crippen LogP contribution in [-0.4, -0.2) is 116 Å². The van der Waals surface area contributed by atoms with Gasteiger partial charge in [0.05, 0.1) is 48.7 Å². The van der Waals surface area contributed by atoms with Crippen molar-refractivity contribution < 1.29 is 37.8 Å². The summed E-state index contributed by atoms with van der Waals surface area (Å²) >= 11 is 0. The zero-order chi connectivity index (χ0) is 41.0. The molecule has 1 aromatic rings. The van der Waals surface area contributed by atoms with Crippen LogP contribution in [0.25, 0.3) is 0 Å². The standard InChI is InChI=1S/C41H68FN5O7/c1-14-25(7)36(46(11)41(52)35(24(5)6)45-40(51)34(43-10)23(3)4)32(53-12)21-33(48)47-22-28(15-2)20-31(47)38(54-13)26(8)39(50)44-27(9)37(49)29-16-18-30(42)19-17-29/h16-19,23-28,31-32,34-36,38,43H,14-15,20-22H2,1-13H3,(H,44,50)(H,45,51)/t25-,26+,27-,28+,31-,32+,34?,35-,36?,38+/m0/s1. The molecule has 1 aromatic carbocycles. The van der Waals surface area contributed by atoms with E-state index in [0.717, 1.165) is 12.8 Å². The Morgan fingerprint density at radius 1 is 0.889 bits per heavy atom. The molecule has 0 aliphatic carbocycles. The predicted molar refractivity (Wildman–Crippen MR) is 208 cm³/mol. The van der Waals surface area contributed by atoms with Crippen molar-refractivity contribution in [3.63, 3.8) is 0 Å². The Morgan fingerprint density at radius 2 is 1.48 bits per heavy atom. The molecule has 306 valence electrons. The van der Waals surface area contributed by atoms with Gasteiger partial charge in [0, 0.05) is 33.4 Å². The number of likely N-dealkylation sites (tertiary alicyclic amines) is 1. The van der Waals surface area contributed by atoms with Crippen LogP contribution in [0, 0.1) is 35.4 Å². The maximum atomic E-state index is 14.4. The topological polar surface area (TPSA) is 146 Å². The molecule has 2 rings (SSSR count). The summed E-state index contributed by atoms with van der Waals surface area (Å²) in [6.07, 6.45) is 0.838. The molecule has 1 heterocycles. The van der Waals surface area contributed by atoms with E-state index in [1.807, 2.05) is 41.5 Å².